The lowest BCUT2D eigenvalue weighted by Crippen LogP contribution is -2.49. The Labute approximate surface area is 163 Å². The molecule has 27 heavy (non-hydrogen) atoms. The number of amides is 1. The van der Waals surface area contributed by atoms with Gasteiger partial charge in [-0.1, -0.05) is 19.4 Å². The van der Waals surface area contributed by atoms with Gasteiger partial charge in [-0.05, 0) is 67.9 Å². The molecular weight excluding hydrogens is 336 g/mol. The monoisotopic (exact) mass is 370 g/mol. The highest BCUT2D eigenvalue weighted by Crippen LogP contribution is 2.41. The first-order valence-corrected chi connectivity index (χ1v) is 10.8. The highest BCUT2D eigenvalue weighted by Gasteiger charge is 2.40. The summed E-state index contributed by atoms with van der Waals surface area (Å²) in [6.45, 7) is 5.08. The zero-order valence-corrected chi connectivity index (χ0v) is 16.6. The van der Waals surface area contributed by atoms with E-state index in [1.54, 1.807) is 0 Å². The Morgan fingerprint density at radius 2 is 1.89 bits per heavy atom. The summed E-state index contributed by atoms with van der Waals surface area (Å²) < 4.78 is 0. The van der Waals surface area contributed by atoms with Gasteiger partial charge in [0.15, 0.2) is 0 Å². The number of hydrogen-bond donors (Lipinski definition) is 2. The second kappa shape index (κ2) is 8.17. The molecule has 2 atom stereocenters. The van der Waals surface area contributed by atoms with Gasteiger partial charge in [0.1, 0.15) is 5.82 Å². The number of carbonyl (C=O) groups is 1. The molecule has 1 aromatic rings. The topological polar surface area (TPSA) is 71.2 Å². The summed E-state index contributed by atoms with van der Waals surface area (Å²) in [6.07, 6.45) is 10.0. The molecule has 2 unspecified atom stereocenters. The van der Waals surface area contributed by atoms with Gasteiger partial charge in [0.2, 0.25) is 5.91 Å². The zero-order chi connectivity index (χ0) is 18.8. The van der Waals surface area contributed by atoms with Crippen LogP contribution in [0.5, 0.6) is 0 Å². The third-order valence-electron chi connectivity index (χ3n) is 7.17. The van der Waals surface area contributed by atoms with Gasteiger partial charge in [-0.25, -0.2) is 4.98 Å². The molecule has 3 N–H and O–H groups in total. The number of hydrogen-bond acceptors (Lipinski definition) is 4. The molecule has 0 aromatic carbocycles. The van der Waals surface area contributed by atoms with E-state index in [2.05, 4.69) is 34.3 Å². The summed E-state index contributed by atoms with van der Waals surface area (Å²) >= 11 is 0. The largest absolute Gasteiger partial charge is 0.357 e. The minimum atomic E-state index is 0.141. The van der Waals surface area contributed by atoms with E-state index < -0.39 is 0 Å². The number of aromatic nitrogens is 1. The van der Waals surface area contributed by atoms with Gasteiger partial charge in [0.25, 0.3) is 0 Å². The van der Waals surface area contributed by atoms with E-state index in [0.29, 0.717) is 24.4 Å². The fourth-order valence-corrected chi connectivity index (χ4v) is 5.28. The third-order valence-corrected chi connectivity index (χ3v) is 7.17. The summed E-state index contributed by atoms with van der Waals surface area (Å²) in [6, 6.07) is 4.52. The van der Waals surface area contributed by atoms with Crippen LogP contribution in [-0.2, 0) is 11.3 Å². The lowest BCUT2D eigenvalue weighted by molar-refractivity contribution is -0.128. The van der Waals surface area contributed by atoms with Crippen molar-refractivity contribution >= 4 is 11.7 Å². The number of nitrogens with two attached hydrogens (primary N) is 1. The van der Waals surface area contributed by atoms with Crippen LogP contribution < -0.4 is 16.0 Å². The highest BCUT2D eigenvalue weighted by molar-refractivity contribution is 5.78. The molecule has 3 fully saturated rings. The first-order chi connectivity index (χ1) is 13.1. The smallest absolute Gasteiger partial charge is 0.223 e. The molecule has 2 bridgehead atoms. The third kappa shape index (κ3) is 4.29. The van der Waals surface area contributed by atoms with Crippen molar-refractivity contribution in [2.45, 2.75) is 64.5 Å². The average molecular weight is 371 g/mol. The van der Waals surface area contributed by atoms with Gasteiger partial charge in [-0.15, -0.1) is 0 Å². The second-order valence-corrected chi connectivity index (χ2v) is 9.11. The maximum atomic E-state index is 12.7. The molecule has 2 heterocycles. The van der Waals surface area contributed by atoms with Gasteiger partial charge in [-0.3, -0.25) is 4.79 Å². The molecule has 2 saturated carbocycles. The molecule has 1 amide bonds. The van der Waals surface area contributed by atoms with Crippen molar-refractivity contribution in [1.82, 2.24) is 10.3 Å². The van der Waals surface area contributed by atoms with Crippen LogP contribution in [0.4, 0.5) is 5.82 Å². The molecule has 5 heteroatoms. The normalized spacial score (nSPS) is 31.6. The van der Waals surface area contributed by atoms with E-state index in [4.69, 9.17) is 5.73 Å². The predicted octanol–water partition coefficient (Wildman–Crippen LogP) is 3.09. The molecule has 1 aromatic heterocycles. The molecule has 1 aliphatic heterocycles. The fourth-order valence-electron chi connectivity index (χ4n) is 5.28. The molecular formula is C22H34N4O. The number of piperidine rings is 1. The van der Waals surface area contributed by atoms with Crippen LogP contribution in [0.15, 0.2) is 18.3 Å². The lowest BCUT2D eigenvalue weighted by atomic mass is 9.65. The molecule has 0 radical (unpaired) electrons. The van der Waals surface area contributed by atoms with Crippen molar-refractivity contribution in [3.8, 4) is 0 Å². The van der Waals surface area contributed by atoms with Gasteiger partial charge < -0.3 is 16.0 Å². The number of nitrogens with one attached hydrogen (secondary N) is 1. The van der Waals surface area contributed by atoms with Crippen LogP contribution >= 0.6 is 0 Å². The molecule has 5 nitrogen and oxygen atoms in total. The Balaban J connectivity index is 1.28. The molecule has 2 aliphatic carbocycles. The SMILES string of the molecule is CC1CCN(c2ccc(CNC(=O)C3CC4CCCC(C3)C4N)cn2)CC1. The second-order valence-electron chi connectivity index (χ2n) is 9.11. The maximum Gasteiger partial charge on any atom is 0.223 e. The van der Waals surface area contributed by atoms with Crippen molar-refractivity contribution < 1.29 is 4.79 Å². The Morgan fingerprint density at radius 3 is 2.52 bits per heavy atom. The lowest BCUT2D eigenvalue weighted by Gasteiger charge is -2.43. The van der Waals surface area contributed by atoms with E-state index in [-0.39, 0.29) is 11.8 Å². The summed E-state index contributed by atoms with van der Waals surface area (Å²) in [5.74, 6) is 3.31. The quantitative estimate of drug-likeness (QED) is 0.854. The first-order valence-electron chi connectivity index (χ1n) is 10.8. The minimum absolute atomic E-state index is 0.141. The molecule has 0 spiro atoms. The van der Waals surface area contributed by atoms with Crippen LogP contribution in [0.25, 0.3) is 0 Å². The fraction of sp³-hybridized carbons (Fsp3) is 0.727. The van der Waals surface area contributed by atoms with E-state index in [9.17, 15) is 4.79 Å². The zero-order valence-electron chi connectivity index (χ0n) is 16.6. The van der Waals surface area contributed by atoms with E-state index >= 15 is 0 Å². The maximum absolute atomic E-state index is 12.7. The Morgan fingerprint density at radius 1 is 1.19 bits per heavy atom. The van der Waals surface area contributed by atoms with Crippen LogP contribution in [0, 0.1) is 23.7 Å². The van der Waals surface area contributed by atoms with Gasteiger partial charge >= 0.3 is 0 Å². The van der Waals surface area contributed by atoms with Gasteiger partial charge in [0.05, 0.1) is 0 Å². The van der Waals surface area contributed by atoms with Crippen LogP contribution in [0.1, 0.15) is 57.4 Å². The van der Waals surface area contributed by atoms with Crippen LogP contribution in [0.3, 0.4) is 0 Å². The Bertz CT molecular complexity index is 624. The number of nitrogens with zero attached hydrogens (tertiary/aromatic N) is 2. The van der Waals surface area contributed by atoms with Gasteiger partial charge in [0, 0.05) is 37.8 Å². The standard InChI is InChI=1S/C22H34N4O/c1-15-7-9-26(10-8-15)20-6-5-16(13-24-20)14-25-22(27)19-11-17-3-2-4-18(12-19)21(17)23/h5-6,13,15,17-19,21H,2-4,7-12,14,23H2,1H3,(H,25,27). The Kier molecular flexibility index (Phi) is 5.67. The predicted molar refractivity (Wildman–Crippen MR) is 108 cm³/mol. The summed E-state index contributed by atoms with van der Waals surface area (Å²) in [7, 11) is 0. The van der Waals surface area contributed by atoms with Crippen molar-refractivity contribution in [3.05, 3.63) is 23.9 Å². The number of anilines is 1. The van der Waals surface area contributed by atoms with Gasteiger partial charge in [-0.2, -0.15) is 0 Å². The summed E-state index contributed by atoms with van der Waals surface area (Å²) in [5.41, 5.74) is 7.43. The minimum Gasteiger partial charge on any atom is -0.357 e. The number of fused-ring (bicyclic) bond motifs is 2. The molecule has 4 rings (SSSR count). The van der Waals surface area contributed by atoms with Crippen molar-refractivity contribution in [2.75, 3.05) is 18.0 Å². The first kappa shape index (κ1) is 18.7. The van der Waals surface area contributed by atoms with E-state index in [1.165, 1.54) is 32.1 Å². The van der Waals surface area contributed by atoms with Crippen LogP contribution in [-0.4, -0.2) is 30.0 Å². The van der Waals surface area contributed by atoms with Crippen LogP contribution in [0.2, 0.25) is 0 Å². The van der Waals surface area contributed by atoms with E-state index in [1.807, 2.05) is 6.20 Å². The highest BCUT2D eigenvalue weighted by atomic mass is 16.1. The molecule has 148 valence electrons. The molecule has 1 saturated heterocycles. The summed E-state index contributed by atoms with van der Waals surface area (Å²) in [5, 5.41) is 3.14. The average Bonchev–Trinajstić information content (AvgIpc) is 2.67. The Hall–Kier alpha value is -1.62. The number of rotatable bonds is 4. The number of carbonyl (C=O) groups excluding carboxylic acids is 1. The number of pyridine rings is 1. The van der Waals surface area contributed by atoms with E-state index in [0.717, 1.165) is 43.2 Å². The van der Waals surface area contributed by atoms with Crippen molar-refractivity contribution in [1.29, 1.82) is 0 Å². The van der Waals surface area contributed by atoms with Crippen molar-refractivity contribution in [2.24, 2.45) is 29.4 Å². The molecule has 3 aliphatic rings. The summed E-state index contributed by atoms with van der Waals surface area (Å²) in [4.78, 5) is 19.7. The van der Waals surface area contributed by atoms with Crippen molar-refractivity contribution in [3.63, 3.8) is 0 Å².